The number of pyridine rings is 1. The van der Waals surface area contributed by atoms with Crippen molar-refractivity contribution in [3.05, 3.63) is 48.0 Å². The topological polar surface area (TPSA) is 194 Å². The molecule has 1 amide bonds. The zero-order chi connectivity index (χ0) is 39.7. The van der Waals surface area contributed by atoms with Crippen molar-refractivity contribution >= 4 is 72.6 Å². The largest absolute Gasteiger partial charge is 0.493 e. The highest BCUT2D eigenvalue weighted by Crippen LogP contribution is 2.46. The van der Waals surface area contributed by atoms with Crippen LogP contribution in [0.1, 0.15) is 78.7 Å². The monoisotopic (exact) mass is 731 g/mol. The molecule has 0 spiro atoms. The van der Waals surface area contributed by atoms with E-state index in [1.807, 2.05) is 14.0 Å². The van der Waals surface area contributed by atoms with Crippen molar-refractivity contribution in [3.8, 4) is 0 Å². The zero-order valence-electron chi connectivity index (χ0n) is 32.7. The van der Waals surface area contributed by atoms with E-state index < -0.39 is 34.2 Å². The molecule has 5 N–H and O–H groups in total. The molecule has 0 radical (unpaired) electrons. The fraction of sp³-hybridized carbons (Fsp3) is 0.559. The van der Waals surface area contributed by atoms with Crippen molar-refractivity contribution in [3.63, 3.8) is 0 Å². The van der Waals surface area contributed by atoms with Crippen LogP contribution in [0.4, 0.5) is 28.1 Å². The third kappa shape index (κ3) is 8.08. The molecule has 15 nitrogen and oxygen atoms in total. The first-order chi connectivity index (χ1) is 24.5. The number of piperazine rings is 1. The van der Waals surface area contributed by atoms with Crippen molar-refractivity contribution in [2.24, 2.45) is 0 Å². The minimum Gasteiger partial charge on any atom is -0.493 e. The lowest BCUT2D eigenvalue weighted by Crippen LogP contribution is -2.92. The Bertz CT molecular complexity index is 1680. The minimum atomic E-state index is -3.23. The van der Waals surface area contributed by atoms with Crippen LogP contribution in [-0.2, 0) is 14.3 Å². The summed E-state index contributed by atoms with van der Waals surface area (Å²) >= 11 is 0. The first-order valence-corrected chi connectivity index (χ1v) is 18.1. The number of aldehydes is 1. The van der Waals surface area contributed by atoms with Crippen LogP contribution in [0.5, 0.6) is 0 Å². The van der Waals surface area contributed by atoms with Gasteiger partial charge < -0.3 is 40.1 Å². The molecule has 1 saturated carbocycles. The molecule has 19 heteroatoms. The fourth-order valence-corrected chi connectivity index (χ4v) is 6.90. The van der Waals surface area contributed by atoms with Crippen LogP contribution in [-0.4, -0.2) is 132 Å². The smallest absolute Gasteiger partial charge is 0.411 e. The number of rotatable bonds is 12. The molecule has 284 valence electrons. The Morgan fingerprint density at radius 2 is 1.74 bits per heavy atom. The second-order valence-corrected chi connectivity index (χ2v) is 15.7. The molecule has 3 heterocycles. The van der Waals surface area contributed by atoms with E-state index >= 15 is 0 Å². The lowest BCUT2D eigenvalue weighted by atomic mass is 9.46. The van der Waals surface area contributed by atoms with Crippen molar-refractivity contribution in [2.75, 3.05) is 28.8 Å². The Morgan fingerprint density at radius 3 is 2.28 bits per heavy atom. The number of hydrogen-bond donors (Lipinski definition) is 5. The molecule has 2 unspecified atom stereocenters. The van der Waals surface area contributed by atoms with Gasteiger partial charge in [-0.2, -0.15) is 4.98 Å². The predicted molar refractivity (Wildman–Crippen MR) is 213 cm³/mol. The van der Waals surface area contributed by atoms with Gasteiger partial charge in [0.2, 0.25) is 5.95 Å². The number of aromatic nitrogens is 3. The van der Waals surface area contributed by atoms with Crippen LogP contribution in [0.2, 0.25) is 0 Å². The molecule has 0 aromatic carbocycles. The SMILES string of the molecule is BC1(B)N(C(=O)OC(C)(C)C)C(B)(O)C(O)(O)N(c2ccc(Nc3ncc(/C(C)=C(\C=O)C(=C)OCCCC)c(N(C)C4CCCC4)n3)nc2)C1(B)O. The Hall–Kier alpha value is -4.05. The summed E-state index contributed by atoms with van der Waals surface area (Å²) in [6, 6.07) is 3.23. The maximum Gasteiger partial charge on any atom is 0.411 e. The summed E-state index contributed by atoms with van der Waals surface area (Å²) in [6.07, 6.45) is 8.58. The average molecular weight is 731 g/mol. The summed E-state index contributed by atoms with van der Waals surface area (Å²) in [7, 11) is 7.27. The number of ether oxygens (including phenoxy) is 2. The average Bonchev–Trinajstić information content (AvgIpc) is 3.59. The van der Waals surface area contributed by atoms with Gasteiger partial charge in [-0.05, 0) is 64.7 Å². The number of carbonyl (C=O) groups excluding carboxylic acids is 2. The van der Waals surface area contributed by atoms with Crippen LogP contribution in [0, 0.1) is 0 Å². The lowest BCUT2D eigenvalue weighted by molar-refractivity contribution is -0.323. The fourth-order valence-electron chi connectivity index (χ4n) is 6.90. The normalized spacial score (nSPS) is 23.2. The Morgan fingerprint density at radius 1 is 1.09 bits per heavy atom. The quantitative estimate of drug-likeness (QED) is 0.0356. The molecule has 2 fully saturated rings. The summed E-state index contributed by atoms with van der Waals surface area (Å²) < 4.78 is 11.2. The molecule has 53 heavy (non-hydrogen) atoms. The maximum atomic E-state index is 13.3. The number of amides is 1. The standard InChI is InChI=1S/C34H53B4N7O8/c1-8-9-16-52-21(3)25(19-46)20(2)24-18-40-28(42-27(24)43(7)22-12-10-11-13-22)41-26-15-14-23(17-39-26)44-32(37,48)31(35,36)45(29(47)53-30(4,5)6)33(38,49)34(44,50)51/h14-15,17-19,22,48-51H,3,8-13,16,35-38H2,1-2,4-7H3,(H,39,40,41,42)/b25-20+. The minimum absolute atomic E-state index is 0.0178. The first kappa shape index (κ1) is 41.7. The second-order valence-electron chi connectivity index (χ2n) is 15.7. The Balaban J connectivity index is 1.69. The first-order valence-electron chi connectivity index (χ1n) is 18.1. The van der Waals surface area contributed by atoms with E-state index in [2.05, 4.69) is 33.7 Å². The number of nitrogens with zero attached hydrogens (tertiary/aromatic N) is 6. The lowest BCUT2D eigenvalue weighted by Gasteiger charge is -2.67. The Labute approximate surface area is 315 Å². The second kappa shape index (κ2) is 15.4. The third-order valence-corrected chi connectivity index (χ3v) is 10.3. The Kier molecular flexibility index (Phi) is 12.1. The number of unbranched alkanes of at least 4 members (excludes halogenated alkanes) is 1. The molecule has 1 aliphatic heterocycles. The van der Waals surface area contributed by atoms with Gasteiger partial charge in [0.05, 0.1) is 24.1 Å². The van der Waals surface area contributed by atoms with E-state index in [-0.39, 0.29) is 29.3 Å². The molecule has 4 rings (SSSR count). The molecule has 0 bridgehead atoms. The van der Waals surface area contributed by atoms with Gasteiger partial charge in [0.15, 0.2) is 27.6 Å². The van der Waals surface area contributed by atoms with Crippen LogP contribution < -0.4 is 15.1 Å². The van der Waals surface area contributed by atoms with E-state index in [4.69, 9.17) is 14.5 Å². The van der Waals surface area contributed by atoms with Gasteiger partial charge >= 0.3 is 6.09 Å². The van der Waals surface area contributed by atoms with Gasteiger partial charge in [-0.3, -0.25) is 14.6 Å². The number of allylic oxidation sites excluding steroid dienone is 2. The zero-order valence-corrected chi connectivity index (χ0v) is 32.7. The van der Waals surface area contributed by atoms with Gasteiger partial charge in [-0.15, -0.1) is 0 Å². The van der Waals surface area contributed by atoms with E-state index in [0.29, 0.717) is 29.1 Å². The highest BCUT2D eigenvalue weighted by atomic mass is 16.6. The maximum absolute atomic E-state index is 13.3. The van der Waals surface area contributed by atoms with Crippen LogP contribution in [0.3, 0.4) is 0 Å². The predicted octanol–water partition coefficient (Wildman–Crippen LogP) is -0.529. The summed E-state index contributed by atoms with van der Waals surface area (Å²) in [6.45, 7) is 13.2. The van der Waals surface area contributed by atoms with E-state index in [9.17, 15) is 30.0 Å². The molecular formula is C34H53B4N7O8. The third-order valence-electron chi connectivity index (χ3n) is 10.3. The molecule has 2 aromatic heterocycles. The van der Waals surface area contributed by atoms with Crippen LogP contribution in [0.25, 0.3) is 5.57 Å². The van der Waals surface area contributed by atoms with Gasteiger partial charge in [-0.25, -0.2) is 14.8 Å². The number of hydrogen-bond acceptors (Lipinski definition) is 14. The summed E-state index contributed by atoms with van der Waals surface area (Å²) in [5.74, 6) is -1.83. The van der Waals surface area contributed by atoms with Gasteiger partial charge in [0.1, 0.15) is 44.3 Å². The molecule has 1 saturated heterocycles. The summed E-state index contributed by atoms with van der Waals surface area (Å²) in [5, 5.41) is 48.0. The van der Waals surface area contributed by atoms with Gasteiger partial charge in [-0.1, -0.05) is 32.8 Å². The molecule has 2 aliphatic rings. The number of aliphatic hydroxyl groups is 4. The van der Waals surface area contributed by atoms with E-state index in [0.717, 1.165) is 62.5 Å². The van der Waals surface area contributed by atoms with Crippen molar-refractivity contribution < 1.29 is 39.5 Å². The highest BCUT2D eigenvalue weighted by Gasteiger charge is 2.70. The molecular weight excluding hydrogens is 678 g/mol. The van der Waals surface area contributed by atoms with Crippen molar-refractivity contribution in [2.45, 2.75) is 107 Å². The summed E-state index contributed by atoms with van der Waals surface area (Å²) in [5.41, 5.74) is -4.22. The number of nitrogens with one attached hydrogen (secondary N) is 1. The van der Waals surface area contributed by atoms with E-state index in [1.54, 1.807) is 27.0 Å². The molecule has 2 atom stereocenters. The number of anilines is 4. The van der Waals surface area contributed by atoms with Gasteiger partial charge in [0.25, 0.3) is 5.91 Å². The van der Waals surface area contributed by atoms with Crippen molar-refractivity contribution in [1.82, 2.24) is 19.9 Å². The van der Waals surface area contributed by atoms with Crippen molar-refractivity contribution in [1.29, 1.82) is 0 Å². The van der Waals surface area contributed by atoms with Crippen LogP contribution >= 0.6 is 0 Å². The molecule has 2 aromatic rings. The summed E-state index contributed by atoms with van der Waals surface area (Å²) in [4.78, 5) is 43.1. The number of carbonyl (C=O) groups is 2. The van der Waals surface area contributed by atoms with E-state index in [1.165, 1.54) is 41.9 Å². The highest BCUT2D eigenvalue weighted by molar-refractivity contribution is 6.47. The molecule has 1 aliphatic carbocycles. The van der Waals surface area contributed by atoms with Gasteiger partial charge in [0, 0.05) is 30.2 Å². The van der Waals surface area contributed by atoms with Crippen LogP contribution in [0.15, 0.2) is 42.4 Å².